The molecule has 0 unspecified atom stereocenters. The summed E-state index contributed by atoms with van der Waals surface area (Å²) in [7, 11) is 0. The second-order valence-electron chi connectivity index (χ2n) is 8.85. The smallest absolute Gasteiger partial charge is 0.253 e. The number of amides is 1. The van der Waals surface area contributed by atoms with Gasteiger partial charge < -0.3 is 9.64 Å². The average molecular weight is 463 g/mol. The molecule has 0 aliphatic carbocycles. The Morgan fingerprint density at radius 1 is 0.657 bits per heavy atom. The zero-order valence-electron chi connectivity index (χ0n) is 19.8. The van der Waals surface area contributed by atoms with E-state index in [0.717, 1.165) is 24.4 Å². The van der Waals surface area contributed by atoms with Gasteiger partial charge in [0.05, 0.1) is 6.04 Å². The number of benzene rings is 4. The minimum atomic E-state index is 0.0789. The van der Waals surface area contributed by atoms with Crippen LogP contribution in [0.4, 0.5) is 0 Å². The highest BCUT2D eigenvalue weighted by molar-refractivity contribution is 5.94. The lowest BCUT2D eigenvalue weighted by Crippen LogP contribution is -2.49. The number of hydrogen-bond donors (Lipinski definition) is 0. The number of rotatable bonds is 7. The number of carbonyl (C=O) groups is 1. The molecule has 4 nitrogen and oxygen atoms in total. The standard InChI is InChI=1S/C31H30N2O2/c34-31(28-16-18-29(19-17-28)35-24-25-10-4-1-5-11-25)33-22-20-32(21-23-33)30(26-12-6-2-7-13-26)27-14-8-3-9-15-27/h1-19,30H,20-24H2. The third-order valence-electron chi connectivity index (χ3n) is 6.55. The summed E-state index contributed by atoms with van der Waals surface area (Å²) >= 11 is 0. The van der Waals surface area contributed by atoms with Crippen molar-refractivity contribution in [2.24, 2.45) is 0 Å². The highest BCUT2D eigenvalue weighted by atomic mass is 16.5. The predicted molar refractivity (Wildman–Crippen MR) is 139 cm³/mol. The van der Waals surface area contributed by atoms with Crippen molar-refractivity contribution < 1.29 is 9.53 Å². The van der Waals surface area contributed by atoms with E-state index in [-0.39, 0.29) is 11.9 Å². The molecule has 0 aromatic heterocycles. The Kier molecular flexibility index (Phi) is 7.21. The minimum absolute atomic E-state index is 0.0789. The third-order valence-corrected chi connectivity index (χ3v) is 6.55. The van der Waals surface area contributed by atoms with E-state index in [2.05, 4.69) is 65.6 Å². The summed E-state index contributed by atoms with van der Waals surface area (Å²) in [6, 6.07) is 39.0. The fourth-order valence-corrected chi connectivity index (χ4v) is 4.69. The largest absolute Gasteiger partial charge is 0.489 e. The van der Waals surface area contributed by atoms with E-state index in [0.29, 0.717) is 25.3 Å². The Labute approximate surface area is 207 Å². The second kappa shape index (κ2) is 11.0. The first kappa shape index (κ1) is 22.9. The molecule has 5 rings (SSSR count). The van der Waals surface area contributed by atoms with E-state index in [1.54, 1.807) is 0 Å². The highest BCUT2D eigenvalue weighted by Crippen LogP contribution is 2.29. The Bertz CT molecular complexity index is 1160. The Balaban J connectivity index is 1.21. The molecule has 4 heteroatoms. The van der Waals surface area contributed by atoms with E-state index >= 15 is 0 Å². The van der Waals surface area contributed by atoms with Gasteiger partial charge in [0.25, 0.3) is 5.91 Å². The highest BCUT2D eigenvalue weighted by Gasteiger charge is 2.28. The quantitative estimate of drug-likeness (QED) is 0.347. The molecular formula is C31H30N2O2. The Morgan fingerprint density at radius 3 is 1.71 bits per heavy atom. The molecule has 1 aliphatic heterocycles. The van der Waals surface area contributed by atoms with Gasteiger partial charge in [0.2, 0.25) is 0 Å². The minimum Gasteiger partial charge on any atom is -0.489 e. The van der Waals surface area contributed by atoms with Crippen molar-refractivity contribution in [3.63, 3.8) is 0 Å². The zero-order chi connectivity index (χ0) is 23.9. The van der Waals surface area contributed by atoms with Gasteiger partial charge in [-0.3, -0.25) is 9.69 Å². The van der Waals surface area contributed by atoms with E-state index in [1.807, 2.05) is 59.5 Å². The van der Waals surface area contributed by atoms with Gasteiger partial charge in [-0.1, -0.05) is 91.0 Å². The fraction of sp³-hybridized carbons (Fsp3) is 0.194. The molecule has 0 radical (unpaired) electrons. The van der Waals surface area contributed by atoms with Gasteiger partial charge in [0.15, 0.2) is 0 Å². The van der Waals surface area contributed by atoms with Crippen molar-refractivity contribution in [1.29, 1.82) is 0 Å². The summed E-state index contributed by atoms with van der Waals surface area (Å²) in [6.45, 7) is 3.60. The topological polar surface area (TPSA) is 32.8 Å². The predicted octanol–water partition coefficient (Wildman–Crippen LogP) is 5.81. The number of nitrogens with zero attached hydrogens (tertiary/aromatic N) is 2. The molecule has 35 heavy (non-hydrogen) atoms. The summed E-state index contributed by atoms with van der Waals surface area (Å²) < 4.78 is 5.87. The molecule has 0 saturated carbocycles. The fourth-order valence-electron chi connectivity index (χ4n) is 4.69. The first-order valence-corrected chi connectivity index (χ1v) is 12.2. The maximum Gasteiger partial charge on any atom is 0.253 e. The summed E-state index contributed by atoms with van der Waals surface area (Å²) in [6.07, 6.45) is 0. The van der Waals surface area contributed by atoms with Crippen LogP contribution < -0.4 is 4.74 Å². The van der Waals surface area contributed by atoms with Crippen LogP contribution in [0.5, 0.6) is 5.75 Å². The van der Waals surface area contributed by atoms with Crippen molar-refractivity contribution in [2.75, 3.05) is 26.2 Å². The van der Waals surface area contributed by atoms with Crippen LogP contribution in [0.15, 0.2) is 115 Å². The first-order chi connectivity index (χ1) is 17.3. The number of piperazine rings is 1. The van der Waals surface area contributed by atoms with Gasteiger partial charge in [-0.2, -0.15) is 0 Å². The lowest BCUT2D eigenvalue weighted by atomic mass is 9.96. The van der Waals surface area contributed by atoms with Gasteiger partial charge >= 0.3 is 0 Å². The van der Waals surface area contributed by atoms with Crippen molar-refractivity contribution in [3.8, 4) is 5.75 Å². The van der Waals surface area contributed by atoms with Crippen LogP contribution in [0.2, 0.25) is 0 Å². The van der Waals surface area contributed by atoms with Gasteiger partial charge in [0.1, 0.15) is 12.4 Å². The molecule has 4 aromatic rings. The van der Waals surface area contributed by atoms with Crippen molar-refractivity contribution in [2.45, 2.75) is 12.6 Å². The molecule has 1 heterocycles. The van der Waals surface area contributed by atoms with Gasteiger partial charge in [-0.15, -0.1) is 0 Å². The van der Waals surface area contributed by atoms with Crippen LogP contribution in [0.25, 0.3) is 0 Å². The maximum atomic E-state index is 13.2. The lowest BCUT2D eigenvalue weighted by molar-refractivity contribution is 0.0597. The molecular weight excluding hydrogens is 432 g/mol. The number of hydrogen-bond acceptors (Lipinski definition) is 3. The van der Waals surface area contributed by atoms with Crippen molar-refractivity contribution >= 4 is 5.91 Å². The van der Waals surface area contributed by atoms with Gasteiger partial charge in [-0.05, 0) is 41.0 Å². The Morgan fingerprint density at radius 2 is 1.17 bits per heavy atom. The Hall–Kier alpha value is -3.89. The van der Waals surface area contributed by atoms with Crippen molar-refractivity contribution in [1.82, 2.24) is 9.80 Å². The molecule has 1 saturated heterocycles. The van der Waals surface area contributed by atoms with Crippen LogP contribution in [0.3, 0.4) is 0 Å². The number of ether oxygens (including phenoxy) is 1. The molecule has 0 atom stereocenters. The zero-order valence-corrected chi connectivity index (χ0v) is 19.8. The summed E-state index contributed by atoms with van der Waals surface area (Å²) in [5, 5.41) is 0. The molecule has 1 fully saturated rings. The van der Waals surface area contributed by atoms with Crippen molar-refractivity contribution in [3.05, 3.63) is 138 Å². The SMILES string of the molecule is O=C(c1ccc(OCc2ccccc2)cc1)N1CCN(C(c2ccccc2)c2ccccc2)CC1. The summed E-state index contributed by atoms with van der Waals surface area (Å²) in [5.74, 6) is 0.846. The monoisotopic (exact) mass is 462 g/mol. The molecule has 0 bridgehead atoms. The third kappa shape index (κ3) is 5.61. The summed E-state index contributed by atoms with van der Waals surface area (Å²) in [4.78, 5) is 17.6. The average Bonchev–Trinajstić information content (AvgIpc) is 2.94. The van der Waals surface area contributed by atoms with Crippen LogP contribution in [-0.4, -0.2) is 41.9 Å². The van der Waals surface area contributed by atoms with E-state index in [4.69, 9.17) is 4.74 Å². The van der Waals surface area contributed by atoms with Crippen LogP contribution in [0.1, 0.15) is 33.1 Å². The van der Waals surface area contributed by atoms with Crippen LogP contribution in [-0.2, 0) is 6.61 Å². The second-order valence-corrected chi connectivity index (χ2v) is 8.85. The van der Waals surface area contributed by atoms with Crippen LogP contribution in [0, 0.1) is 0 Å². The maximum absolute atomic E-state index is 13.2. The normalized spacial score (nSPS) is 14.1. The molecule has 176 valence electrons. The number of carbonyl (C=O) groups excluding carboxylic acids is 1. The molecule has 1 amide bonds. The molecule has 4 aromatic carbocycles. The molecule has 0 spiro atoms. The van der Waals surface area contributed by atoms with E-state index in [9.17, 15) is 4.79 Å². The van der Waals surface area contributed by atoms with E-state index in [1.165, 1.54) is 11.1 Å². The molecule has 0 N–H and O–H groups in total. The summed E-state index contributed by atoms with van der Waals surface area (Å²) in [5.41, 5.74) is 4.39. The first-order valence-electron chi connectivity index (χ1n) is 12.2. The van der Waals surface area contributed by atoms with E-state index < -0.39 is 0 Å². The lowest BCUT2D eigenvalue weighted by Gasteiger charge is -2.39. The molecule has 1 aliphatic rings. The van der Waals surface area contributed by atoms with Gasteiger partial charge in [-0.25, -0.2) is 0 Å². The van der Waals surface area contributed by atoms with Gasteiger partial charge in [0, 0.05) is 31.7 Å². The van der Waals surface area contributed by atoms with Crippen LogP contribution >= 0.6 is 0 Å².